The van der Waals surface area contributed by atoms with Crippen molar-refractivity contribution in [2.24, 2.45) is 0 Å². The second-order valence-corrected chi connectivity index (χ2v) is 14.3. The molecule has 4 heteroatoms. The molecule has 4 aromatic rings. The number of benzene rings is 4. The number of hydrogen-bond donors (Lipinski definition) is 4. The maximum Gasteiger partial charge on any atom is 0.185 e. The lowest BCUT2D eigenvalue weighted by atomic mass is 10.0. The van der Waals surface area contributed by atoms with Crippen molar-refractivity contribution in [3.8, 4) is 0 Å². The Morgan fingerprint density at radius 3 is 1.04 bits per heavy atom. The highest BCUT2D eigenvalue weighted by atomic mass is 14.9. The van der Waals surface area contributed by atoms with Crippen LogP contribution in [0.5, 0.6) is 0 Å². The minimum atomic E-state index is 0.129. The quantitative estimate of drug-likeness (QED) is 0.159. The number of allylic oxidation sites excluding steroid dienone is 4. The summed E-state index contributed by atoms with van der Waals surface area (Å²) in [5.41, 5.74) is 7.21. The summed E-state index contributed by atoms with van der Waals surface area (Å²) in [6.45, 7) is 3.90. The van der Waals surface area contributed by atoms with E-state index in [1.807, 2.05) is 0 Å². The maximum absolute atomic E-state index is 3.81. The van der Waals surface area contributed by atoms with E-state index in [1.165, 1.54) is 86.5 Å². The zero-order valence-electron chi connectivity index (χ0n) is 32.3. The molecule has 0 spiro atoms. The third-order valence-corrected chi connectivity index (χ3v) is 10.0. The Balaban J connectivity index is 1.22. The fourth-order valence-electron chi connectivity index (χ4n) is 6.91. The molecule has 0 saturated carbocycles. The SMILES string of the molecule is [C+]1=CC(c2ccccc2)NCCCCCCCCN/C(c2ccccc2)=C/[C+]=CC(c2ccccc2)NCCCCCCCCN/C(c2ccccc2)=C/1. The van der Waals surface area contributed by atoms with Crippen LogP contribution in [0.3, 0.4) is 0 Å². The molecule has 5 rings (SSSR count). The highest BCUT2D eigenvalue weighted by Gasteiger charge is 2.14. The van der Waals surface area contributed by atoms with Gasteiger partial charge in [-0.25, -0.2) is 0 Å². The fraction of sp³-hybridized carbons (Fsp3) is 0.360. The lowest BCUT2D eigenvalue weighted by Gasteiger charge is -2.13. The van der Waals surface area contributed by atoms with Crippen LogP contribution in [0.4, 0.5) is 0 Å². The lowest BCUT2D eigenvalue weighted by molar-refractivity contribution is 0.543. The van der Waals surface area contributed by atoms with Gasteiger partial charge in [-0.2, -0.15) is 0 Å². The summed E-state index contributed by atoms with van der Waals surface area (Å²) >= 11 is 0. The summed E-state index contributed by atoms with van der Waals surface area (Å²) in [7, 11) is 0. The topological polar surface area (TPSA) is 48.1 Å². The highest BCUT2D eigenvalue weighted by molar-refractivity contribution is 5.65. The maximum atomic E-state index is 3.81. The van der Waals surface area contributed by atoms with Gasteiger partial charge >= 0.3 is 0 Å². The van der Waals surface area contributed by atoms with Gasteiger partial charge in [0.15, 0.2) is 23.5 Å². The van der Waals surface area contributed by atoms with Gasteiger partial charge < -0.3 is 21.3 Å². The molecule has 1 heterocycles. The van der Waals surface area contributed by atoms with E-state index in [1.54, 1.807) is 0 Å². The van der Waals surface area contributed by atoms with Gasteiger partial charge in [-0.1, -0.05) is 148 Å². The van der Waals surface area contributed by atoms with E-state index in [9.17, 15) is 0 Å². The molecule has 4 nitrogen and oxygen atoms in total. The predicted octanol–water partition coefficient (Wildman–Crippen LogP) is 11.3. The Labute approximate surface area is 327 Å². The second kappa shape index (κ2) is 25.2. The highest BCUT2D eigenvalue weighted by Crippen LogP contribution is 2.19. The zero-order chi connectivity index (χ0) is 37.1. The Morgan fingerprint density at radius 1 is 0.352 bits per heavy atom. The molecular weight excluding hydrogens is 657 g/mol. The van der Waals surface area contributed by atoms with E-state index in [4.69, 9.17) is 0 Å². The summed E-state index contributed by atoms with van der Waals surface area (Å²) in [6.07, 6.45) is 30.4. The molecule has 54 heavy (non-hydrogen) atoms. The molecule has 1 aliphatic heterocycles. The summed E-state index contributed by atoms with van der Waals surface area (Å²) in [6, 6.07) is 43.1. The van der Waals surface area contributed by atoms with Crippen molar-refractivity contribution >= 4 is 11.4 Å². The van der Waals surface area contributed by atoms with Gasteiger partial charge in [0.1, 0.15) is 0 Å². The van der Waals surface area contributed by atoms with E-state index in [0.29, 0.717) is 0 Å². The van der Waals surface area contributed by atoms with Crippen molar-refractivity contribution < 1.29 is 0 Å². The van der Waals surface area contributed by atoms with Crippen LogP contribution in [0.2, 0.25) is 0 Å². The second-order valence-electron chi connectivity index (χ2n) is 14.3. The molecule has 0 aromatic heterocycles. The largest absolute Gasteiger partial charge is 0.310 e. The molecule has 4 N–H and O–H groups in total. The molecule has 0 bridgehead atoms. The van der Waals surface area contributed by atoms with Crippen molar-refractivity contribution in [1.82, 2.24) is 21.3 Å². The predicted molar refractivity (Wildman–Crippen MR) is 230 cm³/mol. The Kier molecular flexibility index (Phi) is 18.9. The first kappa shape index (κ1) is 40.4. The number of rotatable bonds is 4. The van der Waals surface area contributed by atoms with Gasteiger partial charge in [-0.3, -0.25) is 0 Å². The van der Waals surface area contributed by atoms with Crippen LogP contribution in [-0.2, 0) is 0 Å². The minimum absolute atomic E-state index is 0.129. The molecular formula is C50H62N4+2. The van der Waals surface area contributed by atoms with Gasteiger partial charge in [0.25, 0.3) is 0 Å². The average molecular weight is 719 g/mol. The first-order valence-corrected chi connectivity index (χ1v) is 20.6. The molecule has 280 valence electrons. The summed E-state index contributed by atoms with van der Waals surface area (Å²) in [4.78, 5) is 0. The third-order valence-electron chi connectivity index (χ3n) is 10.0. The number of nitrogens with one attached hydrogen (secondary N) is 4. The van der Waals surface area contributed by atoms with Crippen molar-refractivity contribution in [1.29, 1.82) is 0 Å². The first-order chi connectivity index (χ1) is 26.9. The Bertz CT molecular complexity index is 1530. The smallest absolute Gasteiger partial charge is 0.185 e. The molecule has 0 radical (unpaired) electrons. The van der Waals surface area contributed by atoms with Gasteiger partial charge in [0.05, 0.1) is 47.5 Å². The van der Waals surface area contributed by atoms with Crippen LogP contribution in [0, 0.1) is 12.2 Å². The van der Waals surface area contributed by atoms with Gasteiger partial charge in [0, 0.05) is 13.1 Å². The van der Waals surface area contributed by atoms with Crippen molar-refractivity contribution in [2.75, 3.05) is 26.2 Å². The normalized spacial score (nSPS) is 21.6. The molecule has 4 aromatic carbocycles. The zero-order valence-corrected chi connectivity index (χ0v) is 32.3. The third kappa shape index (κ3) is 15.3. The summed E-state index contributed by atoms with van der Waals surface area (Å²) in [5, 5.41) is 15.1. The van der Waals surface area contributed by atoms with Crippen LogP contribution in [0.1, 0.15) is 111 Å². The van der Waals surface area contributed by atoms with Crippen LogP contribution < -0.4 is 21.3 Å². The van der Waals surface area contributed by atoms with Gasteiger partial charge in [0.2, 0.25) is 0 Å². The lowest BCUT2D eigenvalue weighted by Crippen LogP contribution is -2.21. The molecule has 0 fully saturated rings. The monoisotopic (exact) mass is 718 g/mol. The van der Waals surface area contributed by atoms with E-state index in [-0.39, 0.29) is 12.1 Å². The Hall–Kier alpha value is -4.82. The number of hydrogen-bond acceptors (Lipinski definition) is 4. The minimum Gasteiger partial charge on any atom is -0.310 e. The van der Waals surface area contributed by atoms with Crippen LogP contribution >= 0.6 is 0 Å². The van der Waals surface area contributed by atoms with E-state index >= 15 is 0 Å². The van der Waals surface area contributed by atoms with Gasteiger partial charge in [-0.15, -0.1) is 0 Å². The van der Waals surface area contributed by atoms with Gasteiger partial charge in [-0.05, 0) is 74.2 Å². The van der Waals surface area contributed by atoms with Crippen LogP contribution in [0.15, 0.2) is 146 Å². The standard InChI is InChI=1S/C50H62N4/c1-2-6-22-40-52-48(44-29-15-10-16-30-44)36-26-38-50(46-33-19-12-20-34-46)54-42-24-8-4-3-7-23-41-53-49(45-31-17-11-18-32-45)37-25-35-47(51-39-21-5-1)43-27-13-9-14-28-43/h9-20,27-38,47,50-54H,1-8,21-24,39-42H2/q+2/b48-36+,49-37+. The summed E-state index contributed by atoms with van der Waals surface area (Å²) in [5.74, 6) is 0. The van der Waals surface area contributed by atoms with E-state index < -0.39 is 0 Å². The molecule has 0 amide bonds. The molecule has 1 aliphatic rings. The van der Waals surface area contributed by atoms with E-state index in [0.717, 1.165) is 50.4 Å². The molecule has 2 atom stereocenters. The molecule has 0 aliphatic carbocycles. The molecule has 2 unspecified atom stereocenters. The van der Waals surface area contributed by atoms with Crippen molar-refractivity contribution in [2.45, 2.75) is 89.1 Å². The molecule has 0 saturated heterocycles. The van der Waals surface area contributed by atoms with Crippen molar-refractivity contribution in [3.63, 3.8) is 0 Å². The average Bonchev–Trinajstić information content (AvgIpc) is 3.23. The van der Waals surface area contributed by atoms with E-state index in [2.05, 4.69) is 179 Å². The van der Waals surface area contributed by atoms with Crippen LogP contribution in [-0.4, -0.2) is 26.2 Å². The fourth-order valence-corrected chi connectivity index (χ4v) is 6.91. The first-order valence-electron chi connectivity index (χ1n) is 20.6. The Morgan fingerprint density at radius 2 is 0.667 bits per heavy atom. The summed E-state index contributed by atoms with van der Waals surface area (Å²) < 4.78 is 0. The van der Waals surface area contributed by atoms with Crippen molar-refractivity contribution in [3.05, 3.63) is 180 Å². The van der Waals surface area contributed by atoms with Crippen LogP contribution in [0.25, 0.3) is 11.4 Å².